The summed E-state index contributed by atoms with van der Waals surface area (Å²) in [6, 6.07) is 16.0. The number of fused-ring (bicyclic) bond motifs is 1. The van der Waals surface area contributed by atoms with Crippen molar-refractivity contribution in [3.8, 4) is 16.6 Å². The summed E-state index contributed by atoms with van der Waals surface area (Å²) in [5.41, 5.74) is 1.40. The van der Waals surface area contributed by atoms with Crippen LogP contribution in [-0.4, -0.2) is 4.98 Å². The molecule has 3 rings (SSSR count). The lowest BCUT2D eigenvalue weighted by Gasteiger charge is -1.97. The molecule has 0 N–H and O–H groups in total. The number of hydrogen-bond donors (Lipinski definition) is 0. The van der Waals surface area contributed by atoms with Gasteiger partial charge in [-0.15, -0.1) is 11.3 Å². The van der Waals surface area contributed by atoms with Crippen molar-refractivity contribution in [3.63, 3.8) is 0 Å². The standard InChI is InChI=1S/C14H8N2S/c15-9-11-5-3-7-16-14(11)13-8-10-4-1-2-6-12(10)17-13/h1-8H. The number of aromatic nitrogens is 1. The van der Waals surface area contributed by atoms with Gasteiger partial charge in [-0.05, 0) is 29.7 Å². The Labute approximate surface area is 103 Å². The van der Waals surface area contributed by atoms with Crippen molar-refractivity contribution in [2.75, 3.05) is 0 Å². The summed E-state index contributed by atoms with van der Waals surface area (Å²) in [5.74, 6) is 0. The summed E-state index contributed by atoms with van der Waals surface area (Å²) in [5, 5.41) is 10.3. The zero-order valence-electron chi connectivity index (χ0n) is 8.92. The minimum atomic E-state index is 0.624. The first kappa shape index (κ1) is 10.0. The lowest BCUT2D eigenvalue weighted by atomic mass is 10.1. The van der Waals surface area contributed by atoms with E-state index in [0.29, 0.717) is 5.56 Å². The molecule has 3 heteroatoms. The highest BCUT2D eigenvalue weighted by Gasteiger charge is 2.09. The van der Waals surface area contributed by atoms with Gasteiger partial charge in [0, 0.05) is 10.9 Å². The van der Waals surface area contributed by atoms with Crippen molar-refractivity contribution >= 4 is 21.4 Å². The molecule has 0 radical (unpaired) electrons. The molecule has 0 aliphatic carbocycles. The molecule has 2 nitrogen and oxygen atoms in total. The topological polar surface area (TPSA) is 36.7 Å². The molecule has 3 aromatic rings. The van der Waals surface area contributed by atoms with Gasteiger partial charge in [0.2, 0.25) is 0 Å². The third-order valence-electron chi connectivity index (χ3n) is 2.59. The summed E-state index contributed by atoms with van der Waals surface area (Å²) in [6.45, 7) is 0. The van der Waals surface area contributed by atoms with Crippen LogP contribution in [0.15, 0.2) is 48.7 Å². The molecular weight excluding hydrogens is 228 g/mol. The van der Waals surface area contributed by atoms with Crippen LogP contribution in [0, 0.1) is 11.3 Å². The SMILES string of the molecule is N#Cc1cccnc1-c1cc2ccccc2s1. The summed E-state index contributed by atoms with van der Waals surface area (Å²) in [4.78, 5) is 5.35. The van der Waals surface area contributed by atoms with E-state index in [1.165, 1.54) is 10.1 Å². The van der Waals surface area contributed by atoms with E-state index in [9.17, 15) is 0 Å². The Hall–Kier alpha value is -2.18. The second-order valence-corrected chi connectivity index (χ2v) is 4.74. The fraction of sp³-hybridized carbons (Fsp3) is 0. The molecule has 0 saturated carbocycles. The van der Waals surface area contributed by atoms with Gasteiger partial charge in [0.05, 0.1) is 16.1 Å². The van der Waals surface area contributed by atoms with Crippen LogP contribution in [0.25, 0.3) is 20.7 Å². The average Bonchev–Trinajstić information content (AvgIpc) is 2.82. The Balaban J connectivity index is 2.25. The van der Waals surface area contributed by atoms with Crippen molar-refractivity contribution in [1.82, 2.24) is 4.98 Å². The van der Waals surface area contributed by atoms with E-state index in [2.05, 4.69) is 29.3 Å². The Morgan fingerprint density at radius 1 is 1.12 bits per heavy atom. The van der Waals surface area contributed by atoms with E-state index >= 15 is 0 Å². The first-order valence-corrected chi connectivity index (χ1v) is 6.04. The smallest absolute Gasteiger partial charge is 0.101 e. The van der Waals surface area contributed by atoms with Crippen LogP contribution in [-0.2, 0) is 0 Å². The molecule has 0 unspecified atom stereocenters. The van der Waals surface area contributed by atoms with E-state index in [4.69, 9.17) is 5.26 Å². The van der Waals surface area contributed by atoms with Crippen LogP contribution in [0.4, 0.5) is 0 Å². The number of thiophene rings is 1. The lowest BCUT2D eigenvalue weighted by Crippen LogP contribution is -1.84. The molecule has 2 heterocycles. The molecule has 2 aromatic heterocycles. The lowest BCUT2D eigenvalue weighted by molar-refractivity contribution is 1.31. The summed E-state index contributed by atoms with van der Waals surface area (Å²) in [7, 11) is 0. The first-order valence-electron chi connectivity index (χ1n) is 5.22. The Morgan fingerprint density at radius 3 is 2.82 bits per heavy atom. The number of rotatable bonds is 1. The fourth-order valence-electron chi connectivity index (χ4n) is 1.79. The summed E-state index contributed by atoms with van der Waals surface area (Å²) >= 11 is 1.67. The van der Waals surface area contributed by atoms with Gasteiger partial charge in [0.25, 0.3) is 0 Å². The molecule has 0 atom stereocenters. The van der Waals surface area contributed by atoms with E-state index in [1.54, 1.807) is 29.7 Å². The zero-order valence-corrected chi connectivity index (χ0v) is 9.74. The third kappa shape index (κ3) is 1.69. The number of nitriles is 1. The van der Waals surface area contributed by atoms with Gasteiger partial charge in [-0.1, -0.05) is 18.2 Å². The highest BCUT2D eigenvalue weighted by atomic mass is 32.1. The van der Waals surface area contributed by atoms with Crippen LogP contribution in [0.5, 0.6) is 0 Å². The number of pyridine rings is 1. The van der Waals surface area contributed by atoms with E-state index < -0.39 is 0 Å². The van der Waals surface area contributed by atoms with Gasteiger partial charge in [0.1, 0.15) is 6.07 Å². The molecule has 0 saturated heterocycles. The van der Waals surface area contributed by atoms with Crippen molar-refractivity contribution in [2.45, 2.75) is 0 Å². The van der Waals surface area contributed by atoms with Crippen LogP contribution in [0.2, 0.25) is 0 Å². The van der Waals surface area contributed by atoms with Crippen molar-refractivity contribution in [1.29, 1.82) is 5.26 Å². The average molecular weight is 236 g/mol. The molecule has 0 amide bonds. The molecule has 17 heavy (non-hydrogen) atoms. The summed E-state index contributed by atoms with van der Waals surface area (Å²) < 4.78 is 1.22. The van der Waals surface area contributed by atoms with Crippen molar-refractivity contribution in [3.05, 3.63) is 54.2 Å². The largest absolute Gasteiger partial charge is 0.254 e. The maximum atomic E-state index is 9.07. The molecule has 0 spiro atoms. The number of benzene rings is 1. The predicted octanol–water partition coefficient (Wildman–Crippen LogP) is 3.83. The minimum Gasteiger partial charge on any atom is -0.254 e. The molecule has 80 valence electrons. The fourth-order valence-corrected chi connectivity index (χ4v) is 2.86. The number of hydrogen-bond acceptors (Lipinski definition) is 3. The molecular formula is C14H8N2S. The first-order chi connectivity index (χ1) is 8.38. The highest BCUT2D eigenvalue weighted by molar-refractivity contribution is 7.22. The van der Waals surface area contributed by atoms with Crippen LogP contribution < -0.4 is 0 Å². The van der Waals surface area contributed by atoms with Crippen LogP contribution >= 0.6 is 11.3 Å². The van der Waals surface area contributed by atoms with Gasteiger partial charge in [-0.3, -0.25) is 4.98 Å². The molecule has 0 bridgehead atoms. The van der Waals surface area contributed by atoms with Gasteiger partial charge >= 0.3 is 0 Å². The maximum absolute atomic E-state index is 9.07. The van der Waals surface area contributed by atoms with E-state index in [1.807, 2.05) is 12.1 Å². The monoisotopic (exact) mass is 236 g/mol. The van der Waals surface area contributed by atoms with Crippen LogP contribution in [0.1, 0.15) is 5.56 Å². The van der Waals surface area contributed by atoms with Crippen LogP contribution in [0.3, 0.4) is 0 Å². The van der Waals surface area contributed by atoms with Gasteiger partial charge < -0.3 is 0 Å². The Morgan fingerprint density at radius 2 is 2.00 bits per heavy atom. The minimum absolute atomic E-state index is 0.624. The normalized spacial score (nSPS) is 10.3. The Bertz CT molecular complexity index is 689. The molecule has 0 fully saturated rings. The predicted molar refractivity (Wildman–Crippen MR) is 69.8 cm³/mol. The second-order valence-electron chi connectivity index (χ2n) is 3.66. The summed E-state index contributed by atoms with van der Waals surface area (Å²) in [6.07, 6.45) is 1.72. The number of nitrogens with zero attached hydrogens (tertiary/aromatic N) is 2. The van der Waals surface area contributed by atoms with E-state index in [0.717, 1.165) is 10.6 Å². The Kier molecular flexibility index (Phi) is 2.36. The molecule has 1 aromatic carbocycles. The molecule has 0 aliphatic rings. The zero-order chi connectivity index (χ0) is 11.7. The quantitative estimate of drug-likeness (QED) is 0.643. The molecule has 0 aliphatic heterocycles. The third-order valence-corrected chi connectivity index (χ3v) is 3.71. The van der Waals surface area contributed by atoms with Gasteiger partial charge in [-0.25, -0.2) is 0 Å². The van der Waals surface area contributed by atoms with Gasteiger partial charge in [-0.2, -0.15) is 5.26 Å². The second kappa shape index (κ2) is 4.00. The van der Waals surface area contributed by atoms with Crippen molar-refractivity contribution < 1.29 is 0 Å². The highest BCUT2D eigenvalue weighted by Crippen LogP contribution is 2.33. The maximum Gasteiger partial charge on any atom is 0.101 e. The van der Waals surface area contributed by atoms with E-state index in [-0.39, 0.29) is 0 Å². The van der Waals surface area contributed by atoms with Gasteiger partial charge in [0.15, 0.2) is 0 Å². The van der Waals surface area contributed by atoms with Crippen molar-refractivity contribution in [2.24, 2.45) is 0 Å².